The van der Waals surface area contributed by atoms with Crippen LogP contribution in [0.2, 0.25) is 0 Å². The smallest absolute Gasteiger partial charge is 0.262 e. The predicted octanol–water partition coefficient (Wildman–Crippen LogP) is 4.46. The summed E-state index contributed by atoms with van der Waals surface area (Å²) in [6, 6.07) is 13.2. The first-order valence-electron chi connectivity index (χ1n) is 9.23. The van der Waals surface area contributed by atoms with Crippen molar-refractivity contribution in [1.82, 2.24) is 9.55 Å². The second-order valence-electron chi connectivity index (χ2n) is 6.45. The fourth-order valence-corrected chi connectivity index (χ4v) is 3.69. The molecule has 2 aromatic carbocycles. The van der Waals surface area contributed by atoms with Crippen molar-refractivity contribution in [3.8, 4) is 0 Å². The van der Waals surface area contributed by atoms with E-state index in [9.17, 15) is 14.0 Å². The zero-order valence-corrected chi connectivity index (χ0v) is 16.6. The molecule has 1 amide bonds. The van der Waals surface area contributed by atoms with E-state index in [-0.39, 0.29) is 17.2 Å². The van der Waals surface area contributed by atoms with Crippen LogP contribution in [0.5, 0.6) is 0 Å². The van der Waals surface area contributed by atoms with Gasteiger partial charge >= 0.3 is 0 Å². The number of rotatable bonds is 7. The maximum atomic E-state index is 13.8. The maximum absolute atomic E-state index is 13.8. The lowest BCUT2D eigenvalue weighted by atomic mass is 10.2. The van der Waals surface area contributed by atoms with Gasteiger partial charge in [0.25, 0.3) is 5.56 Å². The van der Waals surface area contributed by atoms with Gasteiger partial charge in [-0.25, -0.2) is 9.37 Å². The molecule has 7 heteroatoms. The van der Waals surface area contributed by atoms with E-state index in [2.05, 4.69) is 17.2 Å². The molecule has 0 spiro atoms. The highest BCUT2D eigenvalue weighted by Gasteiger charge is 2.20. The molecule has 0 radical (unpaired) electrons. The van der Waals surface area contributed by atoms with Gasteiger partial charge in [0.05, 0.1) is 21.8 Å². The first-order valence-corrected chi connectivity index (χ1v) is 10.1. The Bertz CT molecular complexity index is 1050. The van der Waals surface area contributed by atoms with Crippen molar-refractivity contribution >= 4 is 34.3 Å². The second kappa shape index (κ2) is 9.01. The Kier molecular flexibility index (Phi) is 6.46. The van der Waals surface area contributed by atoms with E-state index in [1.54, 1.807) is 35.8 Å². The number of aromatic nitrogens is 2. The molecule has 0 aliphatic rings. The van der Waals surface area contributed by atoms with E-state index in [1.165, 1.54) is 23.9 Å². The molecule has 0 saturated carbocycles. The Morgan fingerprint density at radius 2 is 1.93 bits per heavy atom. The Hall–Kier alpha value is -2.67. The van der Waals surface area contributed by atoms with Crippen molar-refractivity contribution in [2.45, 2.75) is 43.6 Å². The highest BCUT2D eigenvalue weighted by atomic mass is 32.2. The highest BCUT2D eigenvalue weighted by Crippen LogP contribution is 2.24. The molecule has 1 atom stereocenters. The van der Waals surface area contributed by atoms with Crippen LogP contribution in [0, 0.1) is 5.82 Å². The van der Waals surface area contributed by atoms with Crippen LogP contribution in [0.15, 0.2) is 58.5 Å². The van der Waals surface area contributed by atoms with E-state index >= 15 is 0 Å². The molecule has 3 rings (SSSR count). The van der Waals surface area contributed by atoms with Gasteiger partial charge in [-0.05, 0) is 37.6 Å². The SMILES string of the molecule is CCCCn1c(SC(C)C(=O)Nc2ccccc2F)nc2ccccc2c1=O. The minimum absolute atomic E-state index is 0.108. The molecule has 146 valence electrons. The lowest BCUT2D eigenvalue weighted by molar-refractivity contribution is -0.115. The quantitative estimate of drug-likeness (QED) is 0.471. The number of fused-ring (bicyclic) bond motifs is 1. The number of amides is 1. The van der Waals surface area contributed by atoms with Gasteiger partial charge in [-0.15, -0.1) is 0 Å². The number of halogens is 1. The summed E-state index contributed by atoms with van der Waals surface area (Å²) in [6.45, 7) is 4.31. The van der Waals surface area contributed by atoms with E-state index in [1.807, 2.05) is 12.1 Å². The highest BCUT2D eigenvalue weighted by molar-refractivity contribution is 8.00. The van der Waals surface area contributed by atoms with Crippen LogP contribution in [-0.2, 0) is 11.3 Å². The third kappa shape index (κ3) is 4.42. The van der Waals surface area contributed by atoms with Crippen LogP contribution in [-0.4, -0.2) is 20.7 Å². The fraction of sp³-hybridized carbons (Fsp3) is 0.286. The third-order valence-electron chi connectivity index (χ3n) is 4.35. The largest absolute Gasteiger partial charge is 0.323 e. The standard InChI is InChI=1S/C21H22FN3O2S/c1-3-4-13-25-20(27)15-9-5-7-11-17(15)24-21(25)28-14(2)19(26)23-18-12-8-6-10-16(18)22/h5-12,14H,3-4,13H2,1-2H3,(H,23,26). The van der Waals surface area contributed by atoms with Crippen molar-refractivity contribution < 1.29 is 9.18 Å². The van der Waals surface area contributed by atoms with Gasteiger partial charge in [-0.1, -0.05) is 49.4 Å². The first kappa shape index (κ1) is 20.1. The van der Waals surface area contributed by atoms with Gasteiger partial charge in [-0.2, -0.15) is 0 Å². The number of anilines is 1. The fourth-order valence-electron chi connectivity index (χ4n) is 2.76. The predicted molar refractivity (Wildman–Crippen MR) is 111 cm³/mol. The topological polar surface area (TPSA) is 64.0 Å². The Morgan fingerprint density at radius 1 is 1.21 bits per heavy atom. The summed E-state index contributed by atoms with van der Waals surface area (Å²) < 4.78 is 15.4. The molecule has 1 aromatic heterocycles. The summed E-state index contributed by atoms with van der Waals surface area (Å²) in [5.74, 6) is -0.837. The Morgan fingerprint density at radius 3 is 2.68 bits per heavy atom. The van der Waals surface area contributed by atoms with Crippen molar-refractivity contribution in [2.24, 2.45) is 0 Å². The number of carbonyl (C=O) groups excluding carboxylic acids is 1. The average molecular weight is 399 g/mol. The number of unbranched alkanes of at least 4 members (excludes halogenated alkanes) is 1. The zero-order valence-electron chi connectivity index (χ0n) is 15.8. The molecule has 1 N–H and O–H groups in total. The number of benzene rings is 2. The summed E-state index contributed by atoms with van der Waals surface area (Å²) >= 11 is 1.20. The van der Waals surface area contributed by atoms with Crippen LogP contribution in [0.3, 0.4) is 0 Å². The lowest BCUT2D eigenvalue weighted by Gasteiger charge is -2.16. The van der Waals surface area contributed by atoms with Crippen LogP contribution in [0.4, 0.5) is 10.1 Å². The molecular formula is C21H22FN3O2S. The lowest BCUT2D eigenvalue weighted by Crippen LogP contribution is -2.27. The molecule has 28 heavy (non-hydrogen) atoms. The summed E-state index contributed by atoms with van der Waals surface area (Å²) in [5, 5.41) is 3.09. The molecule has 1 heterocycles. The van der Waals surface area contributed by atoms with Gasteiger partial charge in [-0.3, -0.25) is 14.2 Å². The van der Waals surface area contributed by atoms with E-state index in [0.717, 1.165) is 12.8 Å². The number of carbonyl (C=O) groups is 1. The molecule has 0 aliphatic heterocycles. The average Bonchev–Trinajstić information content (AvgIpc) is 2.69. The van der Waals surface area contributed by atoms with Crippen molar-refractivity contribution in [3.63, 3.8) is 0 Å². The maximum Gasteiger partial charge on any atom is 0.262 e. The van der Waals surface area contributed by atoms with Crippen molar-refractivity contribution in [1.29, 1.82) is 0 Å². The zero-order chi connectivity index (χ0) is 20.1. The van der Waals surface area contributed by atoms with E-state index in [0.29, 0.717) is 22.6 Å². The minimum Gasteiger partial charge on any atom is -0.323 e. The Balaban J connectivity index is 1.88. The number of hydrogen-bond donors (Lipinski definition) is 1. The number of nitrogens with zero attached hydrogens (tertiary/aromatic N) is 2. The van der Waals surface area contributed by atoms with Gasteiger partial charge in [0.1, 0.15) is 5.82 Å². The third-order valence-corrected chi connectivity index (χ3v) is 5.44. The molecule has 0 fully saturated rings. The second-order valence-corrected chi connectivity index (χ2v) is 7.76. The summed E-state index contributed by atoms with van der Waals surface area (Å²) in [6.07, 6.45) is 1.77. The number of hydrogen-bond acceptors (Lipinski definition) is 4. The summed E-state index contributed by atoms with van der Waals surface area (Å²) in [5.41, 5.74) is 0.627. The van der Waals surface area contributed by atoms with E-state index < -0.39 is 11.1 Å². The van der Waals surface area contributed by atoms with Crippen LogP contribution >= 0.6 is 11.8 Å². The molecule has 5 nitrogen and oxygen atoms in total. The molecule has 1 unspecified atom stereocenters. The number of para-hydroxylation sites is 2. The number of nitrogens with one attached hydrogen (secondary N) is 1. The van der Waals surface area contributed by atoms with Gasteiger partial charge in [0, 0.05) is 6.54 Å². The summed E-state index contributed by atoms with van der Waals surface area (Å²) in [4.78, 5) is 30.0. The first-order chi connectivity index (χ1) is 13.5. The molecular weight excluding hydrogens is 377 g/mol. The number of thioether (sulfide) groups is 1. The van der Waals surface area contributed by atoms with Crippen LogP contribution in [0.1, 0.15) is 26.7 Å². The van der Waals surface area contributed by atoms with Crippen molar-refractivity contribution in [2.75, 3.05) is 5.32 Å². The minimum atomic E-state index is -0.555. The molecule has 0 bridgehead atoms. The normalized spacial score (nSPS) is 12.1. The molecule has 3 aromatic rings. The van der Waals surface area contributed by atoms with Crippen molar-refractivity contribution in [3.05, 3.63) is 64.7 Å². The van der Waals surface area contributed by atoms with Crippen LogP contribution in [0.25, 0.3) is 10.9 Å². The van der Waals surface area contributed by atoms with Crippen LogP contribution < -0.4 is 10.9 Å². The summed E-state index contributed by atoms with van der Waals surface area (Å²) in [7, 11) is 0. The Labute approximate surface area is 167 Å². The molecule has 0 saturated heterocycles. The van der Waals surface area contributed by atoms with Gasteiger partial charge < -0.3 is 5.32 Å². The monoisotopic (exact) mass is 399 g/mol. The molecule has 0 aliphatic carbocycles. The van der Waals surface area contributed by atoms with Gasteiger partial charge in [0.2, 0.25) is 5.91 Å². The van der Waals surface area contributed by atoms with E-state index in [4.69, 9.17) is 0 Å². The van der Waals surface area contributed by atoms with Gasteiger partial charge in [0.15, 0.2) is 5.16 Å².